The van der Waals surface area contributed by atoms with Crippen LogP contribution in [0.5, 0.6) is 0 Å². The van der Waals surface area contributed by atoms with Gasteiger partial charge >= 0.3 is 5.97 Å². The molecule has 0 aliphatic carbocycles. The molecule has 1 atom stereocenters. The first-order chi connectivity index (χ1) is 6.26. The fraction of sp³-hybridized carbons (Fsp3) is 0.909. The van der Waals surface area contributed by atoms with E-state index in [0.717, 1.165) is 0 Å². The molecule has 0 amide bonds. The minimum Gasteiger partial charge on any atom is -0.460 e. The van der Waals surface area contributed by atoms with Crippen molar-refractivity contribution in [3.8, 4) is 0 Å². The molecule has 0 saturated carbocycles. The zero-order valence-corrected chi connectivity index (χ0v) is 9.96. The Morgan fingerprint density at radius 1 is 1.36 bits per heavy atom. The van der Waals surface area contributed by atoms with Crippen molar-refractivity contribution < 1.29 is 9.53 Å². The fourth-order valence-corrected chi connectivity index (χ4v) is 1.19. The topological polar surface area (TPSA) is 52.3 Å². The predicted octanol–water partition coefficient (Wildman–Crippen LogP) is 1.95. The van der Waals surface area contributed by atoms with E-state index in [2.05, 4.69) is 13.8 Å². The van der Waals surface area contributed by atoms with Gasteiger partial charge < -0.3 is 10.5 Å². The van der Waals surface area contributed by atoms with Crippen LogP contribution < -0.4 is 5.73 Å². The number of carbonyl (C=O) groups is 1. The van der Waals surface area contributed by atoms with Gasteiger partial charge in [-0.1, -0.05) is 13.8 Å². The van der Waals surface area contributed by atoms with Gasteiger partial charge in [0, 0.05) is 6.42 Å². The molecule has 0 fully saturated rings. The molecule has 0 rings (SSSR count). The summed E-state index contributed by atoms with van der Waals surface area (Å²) in [5.41, 5.74) is 5.18. The predicted molar refractivity (Wildman–Crippen MR) is 57.8 cm³/mol. The monoisotopic (exact) mass is 201 g/mol. The maximum absolute atomic E-state index is 11.5. The molecular weight excluding hydrogens is 178 g/mol. The van der Waals surface area contributed by atoms with Gasteiger partial charge in [0.1, 0.15) is 5.60 Å². The highest BCUT2D eigenvalue weighted by atomic mass is 16.6. The molecule has 84 valence electrons. The molecule has 0 aromatic heterocycles. The largest absolute Gasteiger partial charge is 0.460 e. The fourth-order valence-electron chi connectivity index (χ4n) is 1.19. The highest BCUT2D eigenvalue weighted by Crippen LogP contribution is 2.17. The first-order valence-corrected chi connectivity index (χ1v) is 5.18. The zero-order valence-electron chi connectivity index (χ0n) is 9.96. The maximum Gasteiger partial charge on any atom is 0.306 e. The lowest BCUT2D eigenvalue weighted by Gasteiger charge is -2.23. The Kier molecular flexibility index (Phi) is 5.13. The molecular formula is C11H23NO2. The summed E-state index contributed by atoms with van der Waals surface area (Å²) in [6.07, 6.45) is 0.422. The third-order valence-electron chi connectivity index (χ3n) is 2.09. The Labute approximate surface area is 87.0 Å². The molecule has 0 spiro atoms. The first-order valence-electron chi connectivity index (χ1n) is 5.18. The Balaban J connectivity index is 4.04. The van der Waals surface area contributed by atoms with E-state index >= 15 is 0 Å². The van der Waals surface area contributed by atoms with Gasteiger partial charge in [-0.2, -0.15) is 0 Å². The Bertz CT molecular complexity index is 182. The molecule has 0 saturated heterocycles. The molecule has 0 aromatic carbocycles. The van der Waals surface area contributed by atoms with Crippen LogP contribution in [0.25, 0.3) is 0 Å². The van der Waals surface area contributed by atoms with Crippen LogP contribution in [0.2, 0.25) is 0 Å². The standard InChI is InChI=1S/C11H23NO2/c1-8(2)9(7-12)6-10(13)14-11(3,4)5/h8-9H,6-7,12H2,1-5H3. The van der Waals surface area contributed by atoms with Crippen molar-refractivity contribution in [1.29, 1.82) is 0 Å². The molecule has 3 nitrogen and oxygen atoms in total. The Morgan fingerprint density at radius 3 is 2.14 bits per heavy atom. The molecule has 0 aliphatic heterocycles. The highest BCUT2D eigenvalue weighted by Gasteiger charge is 2.21. The van der Waals surface area contributed by atoms with Crippen LogP contribution in [0.1, 0.15) is 41.0 Å². The Morgan fingerprint density at radius 2 is 1.86 bits per heavy atom. The van der Waals surface area contributed by atoms with Crippen LogP contribution in [0.15, 0.2) is 0 Å². The number of nitrogens with two attached hydrogens (primary N) is 1. The third kappa shape index (κ3) is 5.97. The zero-order chi connectivity index (χ0) is 11.4. The van der Waals surface area contributed by atoms with Crippen LogP contribution in [0.4, 0.5) is 0 Å². The number of carbonyl (C=O) groups excluding carboxylic acids is 1. The lowest BCUT2D eigenvalue weighted by atomic mass is 9.93. The molecule has 0 bridgehead atoms. The summed E-state index contributed by atoms with van der Waals surface area (Å²) in [6, 6.07) is 0. The van der Waals surface area contributed by atoms with E-state index in [1.54, 1.807) is 0 Å². The maximum atomic E-state index is 11.5. The molecule has 0 aliphatic rings. The molecule has 0 aromatic rings. The lowest BCUT2D eigenvalue weighted by Crippen LogP contribution is -2.29. The van der Waals surface area contributed by atoms with Crippen LogP contribution >= 0.6 is 0 Å². The summed E-state index contributed by atoms with van der Waals surface area (Å²) in [6.45, 7) is 10.3. The molecule has 0 radical (unpaired) electrons. The van der Waals surface area contributed by atoms with Gasteiger partial charge in [0.15, 0.2) is 0 Å². The number of rotatable bonds is 4. The second kappa shape index (κ2) is 5.35. The summed E-state index contributed by atoms with van der Waals surface area (Å²) in [4.78, 5) is 11.5. The van der Waals surface area contributed by atoms with Gasteiger partial charge in [0.2, 0.25) is 0 Å². The lowest BCUT2D eigenvalue weighted by molar-refractivity contribution is -0.156. The second-order valence-electron chi connectivity index (χ2n) is 5.03. The quantitative estimate of drug-likeness (QED) is 0.707. The van der Waals surface area contributed by atoms with E-state index in [0.29, 0.717) is 18.9 Å². The van der Waals surface area contributed by atoms with Crippen LogP contribution in [0.3, 0.4) is 0 Å². The smallest absolute Gasteiger partial charge is 0.306 e. The van der Waals surface area contributed by atoms with Crippen LogP contribution in [-0.4, -0.2) is 18.1 Å². The van der Waals surface area contributed by atoms with Crippen LogP contribution in [0, 0.1) is 11.8 Å². The van der Waals surface area contributed by atoms with Crippen molar-refractivity contribution in [1.82, 2.24) is 0 Å². The third-order valence-corrected chi connectivity index (χ3v) is 2.09. The van der Waals surface area contributed by atoms with E-state index in [1.165, 1.54) is 0 Å². The minimum atomic E-state index is -0.396. The molecule has 0 heterocycles. The highest BCUT2D eigenvalue weighted by molar-refractivity contribution is 5.70. The summed E-state index contributed by atoms with van der Waals surface area (Å²) >= 11 is 0. The number of hydrogen-bond acceptors (Lipinski definition) is 3. The molecule has 14 heavy (non-hydrogen) atoms. The van der Waals surface area contributed by atoms with Gasteiger partial charge in [-0.15, -0.1) is 0 Å². The van der Waals surface area contributed by atoms with Gasteiger partial charge in [-0.05, 0) is 39.2 Å². The van der Waals surface area contributed by atoms with E-state index in [4.69, 9.17) is 10.5 Å². The summed E-state index contributed by atoms with van der Waals surface area (Å²) < 4.78 is 5.23. The van der Waals surface area contributed by atoms with Crippen molar-refractivity contribution >= 4 is 5.97 Å². The van der Waals surface area contributed by atoms with Gasteiger partial charge in [-0.25, -0.2) is 0 Å². The van der Waals surface area contributed by atoms with Crippen LogP contribution in [-0.2, 0) is 9.53 Å². The van der Waals surface area contributed by atoms with Crippen molar-refractivity contribution in [2.75, 3.05) is 6.54 Å². The molecule has 1 unspecified atom stereocenters. The van der Waals surface area contributed by atoms with Gasteiger partial charge in [-0.3, -0.25) is 4.79 Å². The van der Waals surface area contributed by atoms with Crippen molar-refractivity contribution in [2.45, 2.75) is 46.6 Å². The summed E-state index contributed by atoms with van der Waals surface area (Å²) in [7, 11) is 0. The van der Waals surface area contributed by atoms with E-state index < -0.39 is 5.60 Å². The number of hydrogen-bond donors (Lipinski definition) is 1. The summed E-state index contributed by atoms with van der Waals surface area (Å²) in [5.74, 6) is 0.499. The minimum absolute atomic E-state index is 0.151. The SMILES string of the molecule is CC(C)C(CN)CC(=O)OC(C)(C)C. The average Bonchev–Trinajstić information content (AvgIpc) is 1.96. The van der Waals surface area contributed by atoms with Gasteiger partial charge in [0.05, 0.1) is 0 Å². The number of esters is 1. The van der Waals surface area contributed by atoms with Crippen molar-refractivity contribution in [3.63, 3.8) is 0 Å². The summed E-state index contributed by atoms with van der Waals surface area (Å²) in [5, 5.41) is 0. The average molecular weight is 201 g/mol. The normalized spacial score (nSPS) is 14.2. The second-order valence-corrected chi connectivity index (χ2v) is 5.03. The van der Waals surface area contributed by atoms with E-state index in [-0.39, 0.29) is 11.9 Å². The van der Waals surface area contributed by atoms with Crippen molar-refractivity contribution in [2.24, 2.45) is 17.6 Å². The Hall–Kier alpha value is -0.570. The molecule has 2 N–H and O–H groups in total. The first kappa shape index (κ1) is 13.4. The molecule has 3 heteroatoms. The van der Waals surface area contributed by atoms with E-state index in [9.17, 15) is 4.79 Å². The van der Waals surface area contributed by atoms with Gasteiger partial charge in [0.25, 0.3) is 0 Å². The van der Waals surface area contributed by atoms with E-state index in [1.807, 2.05) is 20.8 Å². The number of ether oxygens (including phenoxy) is 1. The van der Waals surface area contributed by atoms with Crippen molar-refractivity contribution in [3.05, 3.63) is 0 Å².